The van der Waals surface area contributed by atoms with E-state index >= 15 is 0 Å². The summed E-state index contributed by atoms with van der Waals surface area (Å²) in [6.45, 7) is 0. The number of rotatable bonds is 5. The van der Waals surface area contributed by atoms with Crippen LogP contribution in [0.3, 0.4) is 0 Å². The van der Waals surface area contributed by atoms with E-state index in [0.717, 1.165) is 11.8 Å². The summed E-state index contributed by atoms with van der Waals surface area (Å²) in [6, 6.07) is 7.91. The molecule has 0 fully saturated rings. The van der Waals surface area contributed by atoms with Gasteiger partial charge in [0.1, 0.15) is 0 Å². The third-order valence-electron chi connectivity index (χ3n) is 2.60. The van der Waals surface area contributed by atoms with Crippen LogP contribution in [0.25, 0.3) is 0 Å². The number of halogens is 3. The maximum absolute atomic E-state index is 11.1. The second-order valence-electron chi connectivity index (χ2n) is 3.97. The molecule has 1 amide bonds. The first-order valence-electron chi connectivity index (χ1n) is 5.74. The summed E-state index contributed by atoms with van der Waals surface area (Å²) in [5.74, 6) is 0. The average Bonchev–Trinajstić information content (AvgIpc) is 2.48. The first-order chi connectivity index (χ1) is 10.4. The van der Waals surface area contributed by atoms with Crippen LogP contribution in [0, 0.1) is 10.1 Å². The Labute approximate surface area is 148 Å². The van der Waals surface area contributed by atoms with Gasteiger partial charge in [-0.1, -0.05) is 50.9 Å². The van der Waals surface area contributed by atoms with Crippen molar-refractivity contribution in [3.63, 3.8) is 0 Å². The molecule has 2 rings (SSSR count). The molecule has 0 saturated carbocycles. The number of carbonyl (C=O) groups is 1. The zero-order valence-corrected chi connectivity index (χ0v) is 14.6. The number of hydrogen-bond acceptors (Lipinski definition) is 4. The van der Waals surface area contributed by atoms with E-state index < -0.39 is 4.92 Å². The lowest BCUT2D eigenvalue weighted by atomic mass is 10.3. The first-order valence-corrected chi connectivity index (χ1v) is 8.10. The molecule has 0 atom stereocenters. The molecule has 22 heavy (non-hydrogen) atoms. The summed E-state index contributed by atoms with van der Waals surface area (Å²) in [6.07, 6.45) is 0.470. The van der Waals surface area contributed by atoms with Crippen molar-refractivity contribution in [2.75, 3.05) is 5.32 Å². The summed E-state index contributed by atoms with van der Waals surface area (Å²) in [5.41, 5.74) is 0.258. The molecule has 0 aliphatic carbocycles. The van der Waals surface area contributed by atoms with Crippen LogP contribution in [0.1, 0.15) is 0 Å². The third kappa shape index (κ3) is 3.73. The summed E-state index contributed by atoms with van der Waals surface area (Å²) in [7, 11) is 0. The fourth-order valence-corrected chi connectivity index (χ4v) is 3.44. The lowest BCUT2D eigenvalue weighted by Crippen LogP contribution is -1.98. The Balaban J connectivity index is 2.50. The van der Waals surface area contributed by atoms with E-state index in [1.807, 2.05) is 0 Å². The molecule has 0 aliphatic rings. The van der Waals surface area contributed by atoms with E-state index in [9.17, 15) is 14.9 Å². The van der Waals surface area contributed by atoms with Gasteiger partial charge in [0.15, 0.2) is 0 Å². The number of amides is 1. The Kier molecular flexibility index (Phi) is 5.69. The highest BCUT2D eigenvalue weighted by atomic mass is 79.9. The average molecular weight is 422 g/mol. The van der Waals surface area contributed by atoms with Crippen molar-refractivity contribution in [2.45, 2.75) is 9.79 Å². The van der Waals surface area contributed by atoms with Crippen molar-refractivity contribution in [2.24, 2.45) is 0 Å². The van der Waals surface area contributed by atoms with Gasteiger partial charge in [-0.2, -0.15) is 0 Å². The van der Waals surface area contributed by atoms with Crippen molar-refractivity contribution in [3.05, 3.63) is 55.0 Å². The zero-order chi connectivity index (χ0) is 16.3. The second-order valence-corrected chi connectivity index (χ2v) is 6.75. The maximum Gasteiger partial charge on any atom is 0.284 e. The summed E-state index contributed by atoms with van der Waals surface area (Å²) in [5, 5.41) is 14.1. The molecule has 2 aromatic carbocycles. The van der Waals surface area contributed by atoms with E-state index in [2.05, 4.69) is 21.2 Å². The van der Waals surface area contributed by atoms with Gasteiger partial charge in [-0.25, -0.2) is 0 Å². The molecule has 9 heteroatoms. The molecule has 0 radical (unpaired) electrons. The Morgan fingerprint density at radius 3 is 2.55 bits per heavy atom. The number of hydrogen-bond donors (Lipinski definition) is 1. The SMILES string of the molecule is O=CNc1c(Sc2ccc(Br)cc2[N+](=O)[O-])ccc(Cl)c1Cl. The van der Waals surface area contributed by atoms with Gasteiger partial charge in [0, 0.05) is 15.4 Å². The topological polar surface area (TPSA) is 72.2 Å². The van der Waals surface area contributed by atoms with E-state index in [4.69, 9.17) is 23.2 Å². The third-order valence-corrected chi connectivity index (χ3v) is 5.02. The maximum atomic E-state index is 11.1. The van der Waals surface area contributed by atoms with Crippen LogP contribution in [0.4, 0.5) is 11.4 Å². The molecular formula is C13H7BrCl2N2O3S. The number of carbonyl (C=O) groups excluding carboxylic acids is 1. The minimum absolute atomic E-state index is 0.0532. The number of nitrogens with zero attached hydrogens (tertiary/aromatic N) is 1. The predicted molar refractivity (Wildman–Crippen MR) is 91.1 cm³/mol. The summed E-state index contributed by atoms with van der Waals surface area (Å²) in [4.78, 5) is 22.4. The van der Waals surface area contributed by atoms with Crippen molar-refractivity contribution in [1.29, 1.82) is 0 Å². The molecule has 0 unspecified atom stereocenters. The lowest BCUT2D eigenvalue weighted by Gasteiger charge is -2.11. The molecule has 1 N–H and O–H groups in total. The predicted octanol–water partition coefficient (Wildman–Crippen LogP) is 5.38. The highest BCUT2D eigenvalue weighted by molar-refractivity contribution is 9.10. The van der Waals surface area contributed by atoms with Gasteiger partial charge in [0.25, 0.3) is 5.69 Å². The molecule has 2 aromatic rings. The smallest absolute Gasteiger partial charge is 0.284 e. The quantitative estimate of drug-likeness (QED) is 0.399. The van der Waals surface area contributed by atoms with E-state index in [0.29, 0.717) is 26.4 Å². The van der Waals surface area contributed by atoms with Gasteiger partial charge in [-0.3, -0.25) is 14.9 Å². The Morgan fingerprint density at radius 1 is 1.23 bits per heavy atom. The minimum atomic E-state index is -0.475. The molecule has 0 saturated heterocycles. The Morgan fingerprint density at radius 2 is 1.91 bits per heavy atom. The molecule has 0 spiro atoms. The lowest BCUT2D eigenvalue weighted by molar-refractivity contribution is -0.387. The second kappa shape index (κ2) is 7.32. The van der Waals surface area contributed by atoms with Crippen LogP contribution in [0.5, 0.6) is 0 Å². The van der Waals surface area contributed by atoms with Crippen LogP contribution >= 0.6 is 50.9 Å². The van der Waals surface area contributed by atoms with Crippen molar-refractivity contribution in [1.82, 2.24) is 0 Å². The Bertz CT molecular complexity index is 758. The summed E-state index contributed by atoms with van der Waals surface area (Å²) < 4.78 is 0.601. The first kappa shape index (κ1) is 17.1. The number of nitro groups is 1. The van der Waals surface area contributed by atoms with E-state index in [-0.39, 0.29) is 15.7 Å². The fraction of sp³-hybridized carbons (Fsp3) is 0. The molecule has 0 aromatic heterocycles. The number of nitrogens with one attached hydrogen (secondary N) is 1. The highest BCUT2D eigenvalue weighted by Crippen LogP contribution is 2.43. The molecule has 0 aliphatic heterocycles. The standard InChI is InChI=1S/C13H7BrCl2N2O3S/c14-7-1-3-10(9(5-7)18(20)21)22-11-4-2-8(15)12(16)13(11)17-6-19/h1-6H,(H,17,19). The highest BCUT2D eigenvalue weighted by Gasteiger charge is 2.18. The van der Waals surface area contributed by atoms with Crippen LogP contribution in [-0.4, -0.2) is 11.3 Å². The number of benzene rings is 2. The minimum Gasteiger partial charge on any atom is -0.326 e. The van der Waals surface area contributed by atoms with Crippen LogP contribution in [-0.2, 0) is 4.79 Å². The molecular weight excluding hydrogens is 415 g/mol. The summed E-state index contributed by atoms with van der Waals surface area (Å²) >= 11 is 16.3. The van der Waals surface area contributed by atoms with Crippen molar-refractivity contribution >= 4 is 68.7 Å². The van der Waals surface area contributed by atoms with Gasteiger partial charge < -0.3 is 5.32 Å². The van der Waals surface area contributed by atoms with Crippen LogP contribution < -0.4 is 5.32 Å². The van der Waals surface area contributed by atoms with Crippen molar-refractivity contribution in [3.8, 4) is 0 Å². The normalized spacial score (nSPS) is 10.3. The van der Waals surface area contributed by atoms with Crippen molar-refractivity contribution < 1.29 is 9.72 Å². The van der Waals surface area contributed by atoms with Gasteiger partial charge in [-0.15, -0.1) is 0 Å². The molecule has 0 heterocycles. The van der Waals surface area contributed by atoms with Crippen LogP contribution in [0.2, 0.25) is 10.0 Å². The molecule has 0 bridgehead atoms. The van der Waals surface area contributed by atoms with Gasteiger partial charge in [-0.05, 0) is 24.3 Å². The molecule has 5 nitrogen and oxygen atoms in total. The van der Waals surface area contributed by atoms with Gasteiger partial charge in [0.05, 0.1) is 25.6 Å². The monoisotopic (exact) mass is 420 g/mol. The van der Waals surface area contributed by atoms with Gasteiger partial charge >= 0.3 is 0 Å². The largest absolute Gasteiger partial charge is 0.326 e. The van der Waals surface area contributed by atoms with E-state index in [1.165, 1.54) is 6.07 Å². The fourth-order valence-electron chi connectivity index (χ4n) is 1.65. The van der Waals surface area contributed by atoms with E-state index in [1.54, 1.807) is 24.3 Å². The Hall–Kier alpha value is -1.28. The number of nitro benzene ring substituents is 1. The van der Waals surface area contributed by atoms with Gasteiger partial charge in [0.2, 0.25) is 6.41 Å². The number of anilines is 1. The van der Waals surface area contributed by atoms with Crippen LogP contribution in [0.15, 0.2) is 44.6 Å². The zero-order valence-electron chi connectivity index (χ0n) is 10.7. The molecule has 114 valence electrons.